The summed E-state index contributed by atoms with van der Waals surface area (Å²) in [6.07, 6.45) is 1.69. The molecule has 0 N–H and O–H groups in total. The van der Waals surface area contributed by atoms with Gasteiger partial charge in [0.25, 0.3) is 0 Å². The molecule has 19 heavy (non-hydrogen) atoms. The fourth-order valence-electron chi connectivity index (χ4n) is 2.03. The van der Waals surface area contributed by atoms with E-state index in [1.54, 1.807) is 18.2 Å². The van der Waals surface area contributed by atoms with Gasteiger partial charge in [0.2, 0.25) is 0 Å². The van der Waals surface area contributed by atoms with Crippen molar-refractivity contribution in [3.05, 3.63) is 29.8 Å². The van der Waals surface area contributed by atoms with Crippen LogP contribution in [0.5, 0.6) is 11.5 Å². The van der Waals surface area contributed by atoms with Crippen molar-refractivity contribution < 1.29 is 16.8 Å². The van der Waals surface area contributed by atoms with Crippen LogP contribution in [0.2, 0.25) is 0 Å². The van der Waals surface area contributed by atoms with Crippen LogP contribution >= 0.6 is 0 Å². The molecule has 104 valence electrons. The quantitative estimate of drug-likeness (QED) is 0.829. The number of hydrogen-bond acceptors (Lipinski definition) is 5. The van der Waals surface area contributed by atoms with E-state index in [2.05, 4.69) is 11.5 Å². The molecule has 1 aromatic rings. The molecule has 5 nitrogen and oxygen atoms in total. The Labute approximate surface area is 113 Å². The lowest BCUT2D eigenvalue weighted by molar-refractivity contribution is 0.293. The predicted octanol–water partition coefficient (Wildman–Crippen LogP) is 2.19. The summed E-state index contributed by atoms with van der Waals surface area (Å²) in [6, 6.07) is 3.37. The smallest absolute Gasteiger partial charge is 0.349 e. The van der Waals surface area contributed by atoms with E-state index in [4.69, 9.17) is 8.37 Å². The van der Waals surface area contributed by atoms with Gasteiger partial charge in [0.1, 0.15) is 0 Å². The van der Waals surface area contributed by atoms with Crippen LogP contribution in [0.1, 0.15) is 25.0 Å². The maximum Gasteiger partial charge on any atom is 0.501 e. The van der Waals surface area contributed by atoms with Gasteiger partial charge < -0.3 is 8.37 Å². The van der Waals surface area contributed by atoms with E-state index in [0.29, 0.717) is 6.54 Å². The average molecular weight is 283 g/mol. The third-order valence-corrected chi connectivity index (χ3v) is 3.89. The molecule has 0 spiro atoms. The highest BCUT2D eigenvalue weighted by Gasteiger charge is 2.32. The molecular weight excluding hydrogens is 266 g/mol. The Morgan fingerprint density at radius 2 is 1.95 bits per heavy atom. The number of rotatable bonds is 5. The summed E-state index contributed by atoms with van der Waals surface area (Å²) in [7, 11) is -3.95. The van der Waals surface area contributed by atoms with E-state index in [-0.39, 0.29) is 11.5 Å². The Morgan fingerprint density at radius 1 is 1.26 bits per heavy atom. The maximum atomic E-state index is 11.4. The Hall–Kier alpha value is -1.53. The van der Waals surface area contributed by atoms with Gasteiger partial charge in [-0.3, -0.25) is 4.90 Å². The molecule has 0 aromatic heterocycles. The van der Waals surface area contributed by atoms with Gasteiger partial charge in [0, 0.05) is 12.1 Å². The van der Waals surface area contributed by atoms with Crippen molar-refractivity contribution >= 4 is 16.5 Å². The lowest BCUT2D eigenvalue weighted by Crippen LogP contribution is -2.23. The molecule has 0 bridgehead atoms. The van der Waals surface area contributed by atoms with Crippen molar-refractivity contribution in [3.63, 3.8) is 0 Å². The highest BCUT2D eigenvalue weighted by atomic mass is 32.3. The second kappa shape index (κ2) is 5.22. The monoisotopic (exact) mass is 283 g/mol. The molecule has 6 heteroatoms. The first-order chi connectivity index (χ1) is 9.00. The fourth-order valence-corrected chi connectivity index (χ4v) is 2.80. The molecule has 0 amide bonds. The Kier molecular flexibility index (Phi) is 3.82. The second-order valence-electron chi connectivity index (χ2n) is 4.20. The Bertz CT molecular complexity index is 591. The largest absolute Gasteiger partial charge is 0.501 e. The molecule has 0 saturated carbocycles. The van der Waals surface area contributed by atoms with E-state index in [0.717, 1.165) is 24.2 Å². The summed E-state index contributed by atoms with van der Waals surface area (Å²) in [5.41, 5.74) is 1.64. The molecule has 1 aliphatic rings. The van der Waals surface area contributed by atoms with Crippen LogP contribution in [0.4, 0.5) is 0 Å². The minimum atomic E-state index is -3.95. The van der Waals surface area contributed by atoms with E-state index < -0.39 is 10.4 Å². The van der Waals surface area contributed by atoms with Crippen molar-refractivity contribution in [1.29, 1.82) is 0 Å². The average Bonchev–Trinajstić information content (AvgIpc) is 2.70. The van der Waals surface area contributed by atoms with Gasteiger partial charge in [-0.25, -0.2) is 0 Å². The summed E-state index contributed by atoms with van der Waals surface area (Å²) in [6.45, 7) is 10.2. The Morgan fingerprint density at radius 3 is 2.53 bits per heavy atom. The van der Waals surface area contributed by atoms with Crippen molar-refractivity contribution in [2.75, 3.05) is 13.1 Å². The SMILES string of the molecule is C=Cc1ccc2c(c1CN(CC)CC)OS(=O)(=O)O2. The second-order valence-corrected chi connectivity index (χ2v) is 5.35. The lowest BCUT2D eigenvalue weighted by atomic mass is 10.0. The Balaban J connectivity index is 2.47. The number of hydrogen-bond donors (Lipinski definition) is 0. The lowest BCUT2D eigenvalue weighted by Gasteiger charge is -2.20. The summed E-state index contributed by atoms with van der Waals surface area (Å²) in [5.74, 6) is 0.525. The molecule has 1 aromatic carbocycles. The third kappa shape index (κ3) is 2.74. The van der Waals surface area contributed by atoms with Crippen LogP contribution in [0.25, 0.3) is 6.08 Å². The van der Waals surface area contributed by atoms with Gasteiger partial charge in [-0.2, -0.15) is 0 Å². The van der Waals surface area contributed by atoms with Crippen molar-refractivity contribution in [3.8, 4) is 11.5 Å². The molecule has 0 fully saturated rings. The van der Waals surface area contributed by atoms with Crippen LogP contribution in [0.3, 0.4) is 0 Å². The summed E-state index contributed by atoms with van der Waals surface area (Å²) < 4.78 is 32.5. The third-order valence-electron chi connectivity index (χ3n) is 3.13. The number of benzene rings is 1. The minimum Gasteiger partial charge on any atom is -0.349 e. The molecule has 1 aliphatic heterocycles. The van der Waals surface area contributed by atoms with Crippen molar-refractivity contribution in [2.45, 2.75) is 20.4 Å². The van der Waals surface area contributed by atoms with Crippen LogP contribution < -0.4 is 8.37 Å². The van der Waals surface area contributed by atoms with Gasteiger partial charge >= 0.3 is 10.4 Å². The van der Waals surface area contributed by atoms with Gasteiger partial charge in [0.15, 0.2) is 11.5 Å². The highest BCUT2D eigenvalue weighted by Crippen LogP contribution is 2.41. The summed E-state index contributed by atoms with van der Waals surface area (Å²) >= 11 is 0. The molecule has 2 rings (SSSR count). The van der Waals surface area contributed by atoms with Gasteiger partial charge in [-0.05, 0) is 24.7 Å². The molecule has 0 saturated heterocycles. The van der Waals surface area contributed by atoms with Gasteiger partial charge in [-0.1, -0.05) is 32.6 Å². The van der Waals surface area contributed by atoms with Gasteiger partial charge in [-0.15, -0.1) is 8.42 Å². The van der Waals surface area contributed by atoms with E-state index in [9.17, 15) is 8.42 Å². The van der Waals surface area contributed by atoms with E-state index in [1.165, 1.54) is 0 Å². The van der Waals surface area contributed by atoms with Crippen LogP contribution in [-0.2, 0) is 16.9 Å². The molecule has 0 unspecified atom stereocenters. The number of nitrogens with zero attached hydrogens (tertiary/aromatic N) is 1. The zero-order chi connectivity index (χ0) is 14.0. The molecule has 0 atom stereocenters. The van der Waals surface area contributed by atoms with Crippen LogP contribution in [-0.4, -0.2) is 26.4 Å². The number of fused-ring (bicyclic) bond motifs is 1. The molecular formula is C13H17NO4S. The van der Waals surface area contributed by atoms with E-state index in [1.807, 2.05) is 13.8 Å². The first-order valence-electron chi connectivity index (χ1n) is 6.15. The van der Waals surface area contributed by atoms with Crippen molar-refractivity contribution in [2.24, 2.45) is 0 Å². The first-order valence-corrected chi connectivity index (χ1v) is 7.48. The zero-order valence-corrected chi connectivity index (χ0v) is 11.9. The molecule has 0 radical (unpaired) electrons. The first kappa shape index (κ1) is 13.9. The van der Waals surface area contributed by atoms with Gasteiger partial charge in [0.05, 0.1) is 0 Å². The fraction of sp³-hybridized carbons (Fsp3) is 0.385. The maximum absolute atomic E-state index is 11.4. The summed E-state index contributed by atoms with van der Waals surface area (Å²) in [5, 5.41) is 0. The van der Waals surface area contributed by atoms with E-state index >= 15 is 0 Å². The normalized spacial score (nSPS) is 15.7. The van der Waals surface area contributed by atoms with Crippen LogP contribution in [0.15, 0.2) is 18.7 Å². The highest BCUT2D eigenvalue weighted by molar-refractivity contribution is 7.82. The predicted molar refractivity (Wildman–Crippen MR) is 73.3 cm³/mol. The summed E-state index contributed by atoms with van der Waals surface area (Å²) in [4.78, 5) is 2.16. The van der Waals surface area contributed by atoms with Crippen LogP contribution in [0, 0.1) is 0 Å². The molecule has 1 heterocycles. The standard InChI is InChI=1S/C13H17NO4S/c1-4-10-7-8-12-13(18-19(15,16)17-12)11(10)9-14(5-2)6-3/h4,7-8H,1,5-6,9H2,2-3H3. The zero-order valence-electron chi connectivity index (χ0n) is 11.0. The topological polar surface area (TPSA) is 55.8 Å². The minimum absolute atomic E-state index is 0.243. The van der Waals surface area contributed by atoms with Crippen molar-refractivity contribution in [1.82, 2.24) is 4.90 Å². The molecule has 0 aliphatic carbocycles.